The molecule has 7 aromatic carbocycles. The fourth-order valence-electron chi connectivity index (χ4n) is 8.61. The van der Waals surface area contributed by atoms with Crippen LogP contribution in [0.1, 0.15) is 13.8 Å². The Balaban J connectivity index is 1.10. The Labute approximate surface area is 331 Å². The molecule has 252 valence electrons. The first-order valence-electron chi connectivity index (χ1n) is 18.6. The average molecular weight is 704 g/mol. The number of furan rings is 1. The highest BCUT2D eigenvalue weighted by molar-refractivity contribution is 6.68. The van der Waals surface area contributed by atoms with E-state index in [2.05, 4.69) is 126 Å². The Kier molecular flexibility index (Phi) is 7.90. The van der Waals surface area contributed by atoms with Crippen molar-refractivity contribution in [2.45, 2.75) is 13.8 Å². The van der Waals surface area contributed by atoms with Crippen LogP contribution in [0.3, 0.4) is 0 Å². The molecule has 0 aliphatic heterocycles. The van der Waals surface area contributed by atoms with Crippen molar-refractivity contribution < 1.29 is 4.42 Å². The predicted octanol–water partition coefficient (Wildman–Crippen LogP) is 5.53. The van der Waals surface area contributed by atoms with Gasteiger partial charge >= 0.3 is 0 Å². The van der Waals surface area contributed by atoms with Crippen LogP contribution in [0, 0.1) is 0 Å². The third-order valence-electron chi connectivity index (χ3n) is 11.3. The molecule has 0 aliphatic carbocycles. The smallest absolute Gasteiger partial charge is 0.143 e. The van der Waals surface area contributed by atoms with Gasteiger partial charge in [0.1, 0.15) is 50.4 Å². The van der Waals surface area contributed by atoms with Crippen molar-refractivity contribution in [2.24, 2.45) is 0 Å². The fraction of sp³-hybridized carbons (Fsp3) is 0.0417. The second kappa shape index (κ2) is 12.9. The standard InChI is InChI=1S/C48H29B5N2O/c1-3-30-35-24-27(19-23-40(35)55(37(30)4-2)47-45(52)43(50)42(49)44(51)46(47)53)28-18-22-39-36(25-28)32-10-5-7-14-38(32)54(39)29-20-16-26(17-21-29)31-12-9-13-34-33-11-6-8-15-41(33)56-48(31)34/h3-25H,1-2H3/b30-3-,37-4+. The number of hydrogen-bond acceptors (Lipinski definition) is 1. The van der Waals surface area contributed by atoms with Crippen LogP contribution in [-0.4, -0.2) is 48.4 Å². The van der Waals surface area contributed by atoms with Gasteiger partial charge in [-0.25, -0.2) is 0 Å². The number of nitrogens with zero attached hydrogens (tertiary/aromatic N) is 2. The molecule has 10 radical (unpaired) electrons. The maximum absolute atomic E-state index is 6.59. The van der Waals surface area contributed by atoms with Crippen LogP contribution in [-0.2, 0) is 0 Å². The van der Waals surface area contributed by atoms with Gasteiger partial charge in [-0.3, -0.25) is 0 Å². The van der Waals surface area contributed by atoms with Crippen LogP contribution in [0.15, 0.2) is 132 Å². The first-order valence-corrected chi connectivity index (χ1v) is 18.6. The summed E-state index contributed by atoms with van der Waals surface area (Å²) in [6.07, 6.45) is 4.15. The van der Waals surface area contributed by atoms with Crippen molar-refractivity contribution in [3.63, 3.8) is 0 Å². The summed E-state index contributed by atoms with van der Waals surface area (Å²) in [5.41, 5.74) is 12.2. The van der Waals surface area contributed by atoms with Gasteiger partial charge < -0.3 is 13.6 Å². The highest BCUT2D eigenvalue weighted by Gasteiger charge is 2.19. The minimum absolute atomic E-state index is 0.192. The first kappa shape index (κ1) is 34.3. The van der Waals surface area contributed by atoms with Gasteiger partial charge in [0.15, 0.2) is 0 Å². The van der Waals surface area contributed by atoms with Crippen LogP contribution >= 0.6 is 0 Å². The number of para-hydroxylation sites is 3. The zero-order chi connectivity index (χ0) is 38.4. The molecule has 3 nitrogen and oxygen atoms in total. The van der Waals surface area contributed by atoms with E-state index in [1.54, 1.807) is 0 Å². The molecule has 0 amide bonds. The van der Waals surface area contributed by atoms with E-state index >= 15 is 0 Å². The van der Waals surface area contributed by atoms with E-state index < -0.39 is 0 Å². The van der Waals surface area contributed by atoms with E-state index in [1.165, 1.54) is 10.8 Å². The third-order valence-corrected chi connectivity index (χ3v) is 11.3. The molecule has 0 unspecified atom stereocenters. The molecular weight excluding hydrogens is 675 g/mol. The summed E-state index contributed by atoms with van der Waals surface area (Å²) in [5.74, 6) is 0. The monoisotopic (exact) mass is 704 g/mol. The topological polar surface area (TPSA) is 23.0 Å². The molecule has 0 spiro atoms. The van der Waals surface area contributed by atoms with Gasteiger partial charge in [0.25, 0.3) is 0 Å². The average Bonchev–Trinajstić information content (AvgIpc) is 3.89. The lowest BCUT2D eigenvalue weighted by Gasteiger charge is -2.23. The van der Waals surface area contributed by atoms with E-state index in [1.807, 2.05) is 36.6 Å². The molecule has 3 aromatic heterocycles. The Morgan fingerprint density at radius 3 is 1.73 bits per heavy atom. The molecule has 0 fully saturated rings. The van der Waals surface area contributed by atoms with Crippen molar-refractivity contribution in [3.8, 4) is 33.6 Å². The lowest BCUT2D eigenvalue weighted by Crippen LogP contribution is -2.57. The van der Waals surface area contributed by atoms with E-state index in [4.69, 9.17) is 43.6 Å². The summed E-state index contributed by atoms with van der Waals surface area (Å²) in [6.45, 7) is 4.03. The third kappa shape index (κ3) is 4.91. The van der Waals surface area contributed by atoms with Gasteiger partial charge in [0, 0.05) is 54.4 Å². The number of aromatic nitrogens is 2. The van der Waals surface area contributed by atoms with Crippen LogP contribution in [0.2, 0.25) is 0 Å². The largest absolute Gasteiger partial charge is 0.455 e. The first-order chi connectivity index (χ1) is 27.3. The summed E-state index contributed by atoms with van der Waals surface area (Å²) < 4.78 is 10.7. The van der Waals surface area contributed by atoms with Crippen molar-refractivity contribution >= 4 is 133 Å². The Morgan fingerprint density at radius 1 is 0.464 bits per heavy atom. The molecule has 0 atom stereocenters. The predicted molar refractivity (Wildman–Crippen MR) is 242 cm³/mol. The molecule has 10 aromatic rings. The Bertz CT molecular complexity index is 3360. The molecule has 10 rings (SSSR count). The van der Waals surface area contributed by atoms with Crippen molar-refractivity contribution in [3.05, 3.63) is 138 Å². The minimum atomic E-state index is 0.192. The van der Waals surface area contributed by atoms with Gasteiger partial charge in [-0.15, -0.1) is 16.4 Å². The maximum Gasteiger partial charge on any atom is 0.143 e. The lowest BCUT2D eigenvalue weighted by atomic mass is 9.61. The molecule has 8 heteroatoms. The summed E-state index contributed by atoms with van der Waals surface area (Å²) in [5, 5.41) is 7.63. The molecule has 56 heavy (non-hydrogen) atoms. The number of hydrogen-bond donors (Lipinski definition) is 0. The second-order valence-electron chi connectivity index (χ2n) is 14.3. The van der Waals surface area contributed by atoms with Crippen molar-refractivity contribution in [2.75, 3.05) is 0 Å². The van der Waals surface area contributed by atoms with Gasteiger partial charge in [-0.1, -0.05) is 102 Å². The van der Waals surface area contributed by atoms with E-state index in [-0.39, 0.29) is 16.4 Å². The minimum Gasteiger partial charge on any atom is -0.455 e. The highest BCUT2D eigenvalue weighted by atomic mass is 16.3. The SMILES string of the molecule is [B]c1c([B])c([B])c(-n2c(=C/C)/c(=C\C)c3cc(-c4ccc5c(c4)c4ccccc4n5-c4ccc(-c5cccc6c5oc5ccccc56)cc4)ccc32)c([B])c1[B]. The molecule has 0 saturated heterocycles. The van der Waals surface area contributed by atoms with E-state index in [0.717, 1.165) is 82.4 Å². The zero-order valence-electron chi connectivity index (χ0n) is 31.0. The Morgan fingerprint density at radius 2 is 1.04 bits per heavy atom. The maximum atomic E-state index is 6.59. The van der Waals surface area contributed by atoms with Crippen LogP contribution in [0.5, 0.6) is 0 Å². The van der Waals surface area contributed by atoms with Crippen LogP contribution < -0.4 is 37.9 Å². The molecular formula is C48H29B5N2O. The highest BCUT2D eigenvalue weighted by Crippen LogP contribution is 2.38. The molecule has 0 aliphatic rings. The Hall–Kier alpha value is -6.26. The lowest BCUT2D eigenvalue weighted by molar-refractivity contribution is 0.670. The molecule has 0 bridgehead atoms. The van der Waals surface area contributed by atoms with Gasteiger partial charge in [0.2, 0.25) is 0 Å². The van der Waals surface area contributed by atoms with Gasteiger partial charge in [-0.2, -0.15) is 0 Å². The summed E-state index contributed by atoms with van der Waals surface area (Å²) in [6, 6.07) is 45.1. The van der Waals surface area contributed by atoms with E-state index in [9.17, 15) is 0 Å². The number of fused-ring (bicyclic) bond motifs is 7. The molecule has 3 heterocycles. The van der Waals surface area contributed by atoms with Crippen molar-refractivity contribution in [1.29, 1.82) is 0 Å². The van der Waals surface area contributed by atoms with Gasteiger partial charge in [0.05, 0.1) is 16.6 Å². The fourth-order valence-corrected chi connectivity index (χ4v) is 8.61. The summed E-state index contributed by atoms with van der Waals surface area (Å²) in [7, 11) is 32.0. The molecule has 0 N–H and O–H groups in total. The second-order valence-corrected chi connectivity index (χ2v) is 14.3. The summed E-state index contributed by atoms with van der Waals surface area (Å²) in [4.78, 5) is 0. The zero-order valence-corrected chi connectivity index (χ0v) is 31.0. The van der Waals surface area contributed by atoms with Crippen LogP contribution in [0.4, 0.5) is 0 Å². The van der Waals surface area contributed by atoms with Crippen molar-refractivity contribution in [1.82, 2.24) is 9.13 Å². The van der Waals surface area contributed by atoms with E-state index in [0.29, 0.717) is 16.6 Å². The normalized spacial score (nSPS) is 12.7. The van der Waals surface area contributed by atoms with Gasteiger partial charge in [-0.05, 0) is 79.1 Å². The number of rotatable bonds is 4. The summed E-state index contributed by atoms with van der Waals surface area (Å²) >= 11 is 0. The number of benzene rings is 7. The van der Waals surface area contributed by atoms with Crippen LogP contribution in [0.25, 0.3) is 100 Å². The molecule has 0 saturated carbocycles. The quantitative estimate of drug-likeness (QED) is 0.221.